The first-order valence-corrected chi connectivity index (χ1v) is 8.95. The third kappa shape index (κ3) is 3.27. The Morgan fingerprint density at radius 1 is 1.12 bits per heavy atom. The van der Waals surface area contributed by atoms with Crippen LogP contribution >= 0.6 is 22.9 Å². The maximum absolute atomic E-state index is 12.5. The molecule has 0 bridgehead atoms. The number of hydrogen-bond acceptors (Lipinski definition) is 5. The van der Waals surface area contributed by atoms with E-state index in [1.54, 1.807) is 53.9 Å². The average Bonchev–Trinajstić information content (AvgIpc) is 3.24. The van der Waals surface area contributed by atoms with E-state index in [9.17, 15) is 9.59 Å². The van der Waals surface area contributed by atoms with Gasteiger partial charge in [0.1, 0.15) is 16.4 Å². The van der Waals surface area contributed by atoms with Crippen molar-refractivity contribution >= 4 is 40.8 Å². The lowest BCUT2D eigenvalue weighted by atomic mass is 10.1. The Morgan fingerprint density at radius 2 is 2.00 bits per heavy atom. The summed E-state index contributed by atoms with van der Waals surface area (Å²) in [6.07, 6.45) is 1.63. The van der Waals surface area contributed by atoms with Crippen LogP contribution in [0.1, 0.15) is 25.6 Å². The Morgan fingerprint density at radius 3 is 2.77 bits per heavy atom. The first-order chi connectivity index (χ1) is 12.6. The number of esters is 1. The third-order valence-electron chi connectivity index (χ3n) is 3.72. The summed E-state index contributed by atoms with van der Waals surface area (Å²) in [7, 11) is 0. The molecule has 0 unspecified atom stereocenters. The van der Waals surface area contributed by atoms with Crippen molar-refractivity contribution in [2.24, 2.45) is 0 Å². The van der Waals surface area contributed by atoms with Crippen molar-refractivity contribution < 1.29 is 19.1 Å². The van der Waals surface area contributed by atoms with Gasteiger partial charge >= 0.3 is 5.97 Å². The lowest BCUT2D eigenvalue weighted by Gasteiger charge is -2.04. The highest BCUT2D eigenvalue weighted by molar-refractivity contribution is 7.12. The summed E-state index contributed by atoms with van der Waals surface area (Å²) in [5.74, 6) is 0.206. The predicted molar refractivity (Wildman–Crippen MR) is 100 cm³/mol. The Hall–Kier alpha value is -2.89. The quantitative estimate of drug-likeness (QED) is 0.353. The predicted octanol–water partition coefficient (Wildman–Crippen LogP) is 5.24. The topological polar surface area (TPSA) is 52.6 Å². The average molecular weight is 383 g/mol. The van der Waals surface area contributed by atoms with Crippen LogP contribution in [0.2, 0.25) is 5.02 Å². The maximum atomic E-state index is 12.5. The molecule has 1 aliphatic heterocycles. The Balaban J connectivity index is 1.58. The SMILES string of the molecule is O=C(Oc1ccc2c(c1)OC(=Cc1cccc(Cl)c1)C2=O)c1cccs1. The van der Waals surface area contributed by atoms with Gasteiger partial charge in [0.05, 0.1) is 5.56 Å². The molecule has 2 aromatic carbocycles. The summed E-state index contributed by atoms with van der Waals surface area (Å²) in [4.78, 5) is 25.0. The zero-order valence-electron chi connectivity index (χ0n) is 13.3. The first kappa shape index (κ1) is 16.6. The van der Waals surface area contributed by atoms with E-state index < -0.39 is 5.97 Å². The molecule has 1 aromatic heterocycles. The molecule has 1 aliphatic rings. The molecule has 0 spiro atoms. The minimum atomic E-state index is -0.445. The van der Waals surface area contributed by atoms with Gasteiger partial charge in [-0.3, -0.25) is 4.79 Å². The molecule has 0 radical (unpaired) electrons. The lowest BCUT2D eigenvalue weighted by Crippen LogP contribution is -2.06. The van der Waals surface area contributed by atoms with Gasteiger partial charge in [0, 0.05) is 11.1 Å². The zero-order valence-corrected chi connectivity index (χ0v) is 14.8. The minimum Gasteiger partial charge on any atom is -0.452 e. The highest BCUT2D eigenvalue weighted by Crippen LogP contribution is 2.35. The van der Waals surface area contributed by atoms with Crippen LogP contribution < -0.4 is 9.47 Å². The minimum absolute atomic E-state index is 0.198. The summed E-state index contributed by atoms with van der Waals surface area (Å²) in [6.45, 7) is 0. The van der Waals surface area contributed by atoms with Gasteiger partial charge in [0.2, 0.25) is 5.78 Å². The molecule has 0 N–H and O–H groups in total. The van der Waals surface area contributed by atoms with Gasteiger partial charge in [-0.1, -0.05) is 29.8 Å². The summed E-state index contributed by atoms with van der Waals surface area (Å²) in [6, 6.07) is 15.3. The van der Waals surface area contributed by atoms with Crippen LogP contribution in [0.5, 0.6) is 11.5 Å². The lowest BCUT2D eigenvalue weighted by molar-refractivity contribution is 0.0739. The summed E-state index contributed by atoms with van der Waals surface area (Å²) >= 11 is 7.26. The van der Waals surface area contributed by atoms with Crippen molar-refractivity contribution in [1.29, 1.82) is 0 Å². The number of benzene rings is 2. The number of rotatable bonds is 3. The smallest absolute Gasteiger partial charge is 0.353 e. The number of Topliss-reactive ketones (excluding diaryl/α,β-unsaturated/α-hetero) is 1. The molecule has 4 nitrogen and oxygen atoms in total. The Bertz CT molecular complexity index is 1040. The molecule has 3 aromatic rings. The molecule has 0 amide bonds. The summed E-state index contributed by atoms with van der Waals surface area (Å²) in [5.41, 5.74) is 1.19. The number of allylic oxidation sites excluding steroid dienone is 1. The summed E-state index contributed by atoms with van der Waals surface area (Å²) < 4.78 is 11.0. The monoisotopic (exact) mass is 382 g/mol. The molecule has 0 saturated heterocycles. The Labute approximate surface area is 158 Å². The first-order valence-electron chi connectivity index (χ1n) is 7.70. The largest absolute Gasteiger partial charge is 0.452 e. The van der Waals surface area contributed by atoms with E-state index in [0.29, 0.717) is 27.0 Å². The van der Waals surface area contributed by atoms with E-state index in [1.807, 2.05) is 6.07 Å². The zero-order chi connectivity index (χ0) is 18.1. The van der Waals surface area contributed by atoms with Gasteiger partial charge in [0.25, 0.3) is 0 Å². The maximum Gasteiger partial charge on any atom is 0.353 e. The molecule has 26 heavy (non-hydrogen) atoms. The van der Waals surface area contributed by atoms with E-state index in [2.05, 4.69) is 0 Å². The number of carbonyl (C=O) groups is 2. The van der Waals surface area contributed by atoms with Crippen LogP contribution in [-0.4, -0.2) is 11.8 Å². The summed E-state index contributed by atoms with van der Waals surface area (Å²) in [5, 5.41) is 2.37. The Kier molecular flexibility index (Phi) is 4.32. The molecule has 0 atom stereocenters. The highest BCUT2D eigenvalue weighted by atomic mass is 35.5. The number of carbonyl (C=O) groups excluding carboxylic acids is 2. The molecule has 0 fully saturated rings. The van der Waals surface area contributed by atoms with Crippen LogP contribution in [-0.2, 0) is 0 Å². The fourth-order valence-electron chi connectivity index (χ4n) is 2.53. The standard InChI is InChI=1S/C20H11ClO4S/c21-13-4-1-3-12(9-13)10-17-19(22)15-7-6-14(11-16(15)25-17)24-20(23)18-5-2-8-26-18/h1-11H. The fourth-order valence-corrected chi connectivity index (χ4v) is 3.33. The molecule has 6 heteroatoms. The van der Waals surface area contributed by atoms with E-state index >= 15 is 0 Å². The number of ether oxygens (including phenoxy) is 2. The number of halogens is 1. The fraction of sp³-hybridized carbons (Fsp3) is 0. The second-order valence-corrected chi connectivity index (χ2v) is 6.90. The van der Waals surface area contributed by atoms with Gasteiger partial charge in [-0.15, -0.1) is 11.3 Å². The third-order valence-corrected chi connectivity index (χ3v) is 4.81. The normalized spacial score (nSPS) is 14.2. The van der Waals surface area contributed by atoms with Crippen LogP contribution in [0.15, 0.2) is 65.7 Å². The van der Waals surface area contributed by atoms with Crippen LogP contribution in [0.25, 0.3) is 6.08 Å². The molecular formula is C20H11ClO4S. The van der Waals surface area contributed by atoms with Crippen molar-refractivity contribution in [3.8, 4) is 11.5 Å². The van der Waals surface area contributed by atoms with Crippen LogP contribution in [0, 0.1) is 0 Å². The number of hydrogen-bond donors (Lipinski definition) is 0. The van der Waals surface area contributed by atoms with Crippen molar-refractivity contribution in [3.05, 3.63) is 86.8 Å². The number of fused-ring (bicyclic) bond motifs is 1. The van der Waals surface area contributed by atoms with Gasteiger partial charge in [0.15, 0.2) is 5.76 Å². The number of thiophene rings is 1. The van der Waals surface area contributed by atoms with Crippen molar-refractivity contribution in [2.45, 2.75) is 0 Å². The molecule has 128 valence electrons. The van der Waals surface area contributed by atoms with E-state index in [0.717, 1.165) is 5.56 Å². The van der Waals surface area contributed by atoms with Gasteiger partial charge in [-0.05, 0) is 47.4 Å². The van der Waals surface area contributed by atoms with E-state index in [-0.39, 0.29) is 11.5 Å². The van der Waals surface area contributed by atoms with Crippen LogP contribution in [0.3, 0.4) is 0 Å². The number of ketones is 1. The van der Waals surface area contributed by atoms with Crippen LogP contribution in [0.4, 0.5) is 0 Å². The van der Waals surface area contributed by atoms with Gasteiger partial charge in [-0.25, -0.2) is 4.79 Å². The molecule has 0 aliphatic carbocycles. The molecule has 4 rings (SSSR count). The van der Waals surface area contributed by atoms with Gasteiger partial charge in [-0.2, -0.15) is 0 Å². The van der Waals surface area contributed by atoms with Crippen molar-refractivity contribution in [2.75, 3.05) is 0 Å². The van der Waals surface area contributed by atoms with Gasteiger partial charge < -0.3 is 9.47 Å². The molecule has 0 saturated carbocycles. The van der Waals surface area contributed by atoms with E-state index in [1.165, 1.54) is 17.4 Å². The molecular weight excluding hydrogens is 372 g/mol. The van der Waals surface area contributed by atoms with Crippen molar-refractivity contribution in [3.63, 3.8) is 0 Å². The second kappa shape index (κ2) is 6.78. The van der Waals surface area contributed by atoms with Crippen molar-refractivity contribution in [1.82, 2.24) is 0 Å². The molecule has 2 heterocycles. The second-order valence-electron chi connectivity index (χ2n) is 5.52. The van der Waals surface area contributed by atoms with E-state index in [4.69, 9.17) is 21.1 Å². The highest BCUT2D eigenvalue weighted by Gasteiger charge is 2.28.